The Morgan fingerprint density at radius 2 is 1.96 bits per heavy atom. The third kappa shape index (κ3) is 3.31. The number of carbonyl (C=O) groups is 1. The van der Waals surface area contributed by atoms with Gasteiger partial charge in [0.25, 0.3) is 5.91 Å². The van der Waals surface area contributed by atoms with Gasteiger partial charge in [0.05, 0.1) is 22.6 Å². The van der Waals surface area contributed by atoms with Crippen molar-refractivity contribution < 1.29 is 4.79 Å². The molecule has 1 N–H and O–H groups in total. The van der Waals surface area contributed by atoms with E-state index in [1.54, 1.807) is 23.1 Å². The van der Waals surface area contributed by atoms with E-state index in [1.165, 1.54) is 0 Å². The zero-order chi connectivity index (χ0) is 17.1. The Balaban J connectivity index is 1.85. The van der Waals surface area contributed by atoms with Crippen LogP contribution in [-0.4, -0.2) is 20.7 Å². The van der Waals surface area contributed by atoms with Gasteiger partial charge in [-0.1, -0.05) is 17.7 Å². The lowest BCUT2D eigenvalue weighted by molar-refractivity contribution is 0.0949. The van der Waals surface area contributed by atoms with Crippen molar-refractivity contribution in [2.24, 2.45) is 0 Å². The Bertz CT molecular complexity index is 874. The van der Waals surface area contributed by atoms with Crippen LogP contribution in [-0.2, 0) is 6.54 Å². The van der Waals surface area contributed by atoms with Gasteiger partial charge in [0, 0.05) is 24.0 Å². The number of hydrogen-bond acceptors (Lipinski definition) is 3. The van der Waals surface area contributed by atoms with E-state index >= 15 is 0 Å². The predicted molar refractivity (Wildman–Crippen MR) is 93.5 cm³/mol. The summed E-state index contributed by atoms with van der Waals surface area (Å²) in [6.45, 7) is 4.15. The molecule has 0 saturated heterocycles. The van der Waals surface area contributed by atoms with E-state index in [0.717, 1.165) is 16.9 Å². The molecule has 122 valence electrons. The van der Waals surface area contributed by atoms with Crippen LogP contribution in [0.15, 0.2) is 48.8 Å². The fourth-order valence-corrected chi connectivity index (χ4v) is 2.79. The molecule has 1 amide bonds. The first-order valence-electron chi connectivity index (χ1n) is 7.55. The molecule has 0 atom stereocenters. The maximum Gasteiger partial charge on any atom is 0.255 e. The molecule has 0 radical (unpaired) electrons. The highest BCUT2D eigenvalue weighted by Gasteiger charge is 2.19. The van der Waals surface area contributed by atoms with Crippen LogP contribution in [0.5, 0.6) is 0 Å². The fraction of sp³-hybridized carbons (Fsp3) is 0.167. The molecule has 5 nitrogen and oxygen atoms in total. The van der Waals surface area contributed by atoms with E-state index in [2.05, 4.69) is 15.4 Å². The summed E-state index contributed by atoms with van der Waals surface area (Å²) < 4.78 is 1.74. The van der Waals surface area contributed by atoms with Gasteiger partial charge in [-0.25, -0.2) is 4.68 Å². The first-order chi connectivity index (χ1) is 11.6. The van der Waals surface area contributed by atoms with Crippen molar-refractivity contribution in [3.8, 4) is 5.69 Å². The van der Waals surface area contributed by atoms with Gasteiger partial charge in [-0.2, -0.15) is 5.10 Å². The van der Waals surface area contributed by atoms with Crippen molar-refractivity contribution in [1.82, 2.24) is 20.1 Å². The topological polar surface area (TPSA) is 59.8 Å². The zero-order valence-corrected chi connectivity index (χ0v) is 14.2. The van der Waals surface area contributed by atoms with Crippen LogP contribution < -0.4 is 5.32 Å². The molecule has 1 aromatic carbocycles. The molecule has 3 aromatic rings. The maximum atomic E-state index is 12.6. The number of carbonyl (C=O) groups excluding carboxylic acids is 1. The van der Waals surface area contributed by atoms with E-state index < -0.39 is 0 Å². The molecule has 0 spiro atoms. The molecule has 0 saturated carbocycles. The van der Waals surface area contributed by atoms with Crippen molar-refractivity contribution in [3.05, 3.63) is 76.3 Å². The molecule has 2 aromatic heterocycles. The number of rotatable bonds is 4. The van der Waals surface area contributed by atoms with Crippen molar-refractivity contribution >= 4 is 17.5 Å². The number of pyridine rings is 1. The van der Waals surface area contributed by atoms with Crippen molar-refractivity contribution in [2.45, 2.75) is 20.4 Å². The fourth-order valence-electron chi connectivity index (χ4n) is 2.60. The number of amides is 1. The molecular formula is C18H17ClN4O. The quantitative estimate of drug-likeness (QED) is 0.791. The molecule has 6 heteroatoms. The summed E-state index contributed by atoms with van der Waals surface area (Å²) in [5.74, 6) is -0.143. The summed E-state index contributed by atoms with van der Waals surface area (Å²) >= 11 is 6.05. The number of nitrogens with one attached hydrogen (secondary N) is 1. The summed E-state index contributed by atoms with van der Waals surface area (Å²) in [5.41, 5.74) is 3.87. The van der Waals surface area contributed by atoms with Gasteiger partial charge in [-0.15, -0.1) is 0 Å². The number of nitrogens with zero attached hydrogens (tertiary/aromatic N) is 3. The molecule has 0 aliphatic heterocycles. The Labute approximate surface area is 145 Å². The van der Waals surface area contributed by atoms with E-state index in [4.69, 9.17) is 11.6 Å². The van der Waals surface area contributed by atoms with Gasteiger partial charge in [-0.05, 0) is 49.7 Å². The van der Waals surface area contributed by atoms with Crippen molar-refractivity contribution in [2.75, 3.05) is 0 Å². The first-order valence-corrected chi connectivity index (χ1v) is 7.93. The monoisotopic (exact) mass is 340 g/mol. The van der Waals surface area contributed by atoms with Crippen LogP contribution >= 0.6 is 11.6 Å². The minimum atomic E-state index is -0.143. The van der Waals surface area contributed by atoms with Crippen LogP contribution in [0.1, 0.15) is 27.3 Å². The number of hydrogen-bond donors (Lipinski definition) is 1. The molecular weight excluding hydrogens is 324 g/mol. The van der Waals surface area contributed by atoms with E-state index in [0.29, 0.717) is 22.8 Å². The summed E-state index contributed by atoms with van der Waals surface area (Å²) in [4.78, 5) is 16.5. The number of benzene rings is 1. The Kier molecular flexibility index (Phi) is 4.62. The van der Waals surface area contributed by atoms with Crippen molar-refractivity contribution in [3.63, 3.8) is 0 Å². The summed E-state index contributed by atoms with van der Waals surface area (Å²) in [7, 11) is 0. The highest BCUT2D eigenvalue weighted by atomic mass is 35.5. The SMILES string of the molecule is Cc1nn(-c2cccc(Cl)c2)c(C)c1C(=O)NCc1ccncc1. The Morgan fingerprint density at radius 3 is 2.67 bits per heavy atom. The number of aryl methyl sites for hydroxylation is 1. The predicted octanol–water partition coefficient (Wildman–Crippen LogP) is 3.47. The molecule has 0 aliphatic rings. The van der Waals surface area contributed by atoms with Crippen LogP contribution in [0, 0.1) is 13.8 Å². The average Bonchev–Trinajstić information content (AvgIpc) is 2.88. The van der Waals surface area contributed by atoms with E-state index in [-0.39, 0.29) is 5.91 Å². The third-order valence-electron chi connectivity index (χ3n) is 3.77. The first kappa shape index (κ1) is 16.2. The molecule has 0 bridgehead atoms. The normalized spacial score (nSPS) is 10.6. The molecule has 0 unspecified atom stereocenters. The Morgan fingerprint density at radius 1 is 1.21 bits per heavy atom. The maximum absolute atomic E-state index is 12.6. The zero-order valence-electron chi connectivity index (χ0n) is 13.5. The lowest BCUT2D eigenvalue weighted by atomic mass is 10.1. The van der Waals surface area contributed by atoms with Gasteiger partial charge in [0.2, 0.25) is 0 Å². The number of halogens is 1. The second-order valence-corrected chi connectivity index (χ2v) is 5.91. The van der Waals surface area contributed by atoms with Gasteiger partial charge in [-0.3, -0.25) is 9.78 Å². The molecule has 3 rings (SSSR count). The highest BCUT2D eigenvalue weighted by molar-refractivity contribution is 6.30. The summed E-state index contributed by atoms with van der Waals surface area (Å²) in [6, 6.07) is 11.1. The van der Waals surface area contributed by atoms with Crippen molar-refractivity contribution in [1.29, 1.82) is 0 Å². The highest BCUT2D eigenvalue weighted by Crippen LogP contribution is 2.20. The van der Waals surface area contributed by atoms with E-state index in [9.17, 15) is 4.79 Å². The largest absolute Gasteiger partial charge is 0.348 e. The smallest absolute Gasteiger partial charge is 0.255 e. The number of aromatic nitrogens is 3. The Hall–Kier alpha value is -2.66. The van der Waals surface area contributed by atoms with E-state index in [1.807, 2.05) is 44.2 Å². The molecule has 2 heterocycles. The minimum absolute atomic E-state index is 0.143. The summed E-state index contributed by atoms with van der Waals surface area (Å²) in [6.07, 6.45) is 3.41. The van der Waals surface area contributed by atoms with Crippen LogP contribution in [0.25, 0.3) is 5.69 Å². The molecule has 0 fully saturated rings. The third-order valence-corrected chi connectivity index (χ3v) is 4.01. The van der Waals surface area contributed by atoms with Crippen LogP contribution in [0.3, 0.4) is 0 Å². The average molecular weight is 341 g/mol. The van der Waals surface area contributed by atoms with Gasteiger partial charge in [0.15, 0.2) is 0 Å². The lowest BCUT2D eigenvalue weighted by Gasteiger charge is -2.07. The van der Waals surface area contributed by atoms with Crippen LogP contribution in [0.4, 0.5) is 0 Å². The van der Waals surface area contributed by atoms with Gasteiger partial charge >= 0.3 is 0 Å². The molecule has 0 aliphatic carbocycles. The second kappa shape index (κ2) is 6.84. The van der Waals surface area contributed by atoms with Crippen LogP contribution in [0.2, 0.25) is 5.02 Å². The lowest BCUT2D eigenvalue weighted by Crippen LogP contribution is -2.24. The summed E-state index contributed by atoms with van der Waals surface area (Å²) in [5, 5.41) is 8.04. The molecule has 24 heavy (non-hydrogen) atoms. The standard InChI is InChI=1S/C18H17ClN4O/c1-12-17(18(24)21-11-14-6-8-20-9-7-14)13(2)23(22-12)16-5-3-4-15(19)10-16/h3-10H,11H2,1-2H3,(H,21,24). The second-order valence-electron chi connectivity index (χ2n) is 5.48. The minimum Gasteiger partial charge on any atom is -0.348 e. The van der Waals surface area contributed by atoms with Gasteiger partial charge in [0.1, 0.15) is 0 Å². The van der Waals surface area contributed by atoms with Gasteiger partial charge < -0.3 is 5.32 Å².